The summed E-state index contributed by atoms with van der Waals surface area (Å²) in [6.45, 7) is 0.504. The van der Waals surface area contributed by atoms with Gasteiger partial charge < -0.3 is 15.2 Å². The fraction of sp³-hybridized carbons (Fsp3) is 0.538. The molecule has 2 N–H and O–H groups in total. The van der Waals surface area contributed by atoms with Gasteiger partial charge in [0, 0.05) is 26.2 Å². The quantitative estimate of drug-likeness (QED) is 0.868. The van der Waals surface area contributed by atoms with Gasteiger partial charge in [0.25, 0.3) is 0 Å². The second-order valence-corrected chi connectivity index (χ2v) is 4.44. The van der Waals surface area contributed by atoms with Crippen LogP contribution < -0.4 is 10.1 Å². The van der Waals surface area contributed by atoms with Crippen molar-refractivity contribution in [1.82, 2.24) is 10.2 Å². The summed E-state index contributed by atoms with van der Waals surface area (Å²) in [7, 11) is 0. The molecule has 1 aromatic rings. The summed E-state index contributed by atoms with van der Waals surface area (Å²) >= 11 is 0. The van der Waals surface area contributed by atoms with E-state index in [1.165, 1.54) is 6.07 Å². The van der Waals surface area contributed by atoms with E-state index in [0.29, 0.717) is 0 Å². The van der Waals surface area contributed by atoms with Crippen LogP contribution in [0.4, 0.5) is 8.78 Å². The van der Waals surface area contributed by atoms with Crippen LogP contribution in [-0.4, -0.2) is 49.4 Å². The minimum absolute atomic E-state index is 0. The monoisotopic (exact) mass is 308 g/mol. The summed E-state index contributed by atoms with van der Waals surface area (Å²) < 4.78 is 28.8. The Morgan fingerprint density at radius 2 is 2.00 bits per heavy atom. The molecule has 1 atom stereocenters. The smallest absolute Gasteiger partial charge is 0.387 e. The maximum Gasteiger partial charge on any atom is 0.387 e. The fourth-order valence-corrected chi connectivity index (χ4v) is 2.32. The Labute approximate surface area is 123 Å². The van der Waals surface area contributed by atoms with Crippen LogP contribution in [0.3, 0.4) is 0 Å². The Bertz CT molecular complexity index is 404. The molecule has 1 aromatic carbocycles. The van der Waals surface area contributed by atoms with Crippen molar-refractivity contribution in [3.05, 3.63) is 29.8 Å². The number of nitrogens with one attached hydrogen (secondary N) is 1. The van der Waals surface area contributed by atoms with Gasteiger partial charge in [-0.15, -0.1) is 12.4 Å². The number of halogens is 3. The molecule has 2 rings (SSSR count). The van der Waals surface area contributed by atoms with Crippen LogP contribution >= 0.6 is 12.4 Å². The van der Waals surface area contributed by atoms with Gasteiger partial charge in [-0.1, -0.05) is 12.1 Å². The molecule has 1 saturated heterocycles. The van der Waals surface area contributed by atoms with Crippen LogP contribution in [0.15, 0.2) is 24.3 Å². The summed E-state index contributed by atoms with van der Waals surface area (Å²) in [6.07, 6.45) is 0. The molecule has 0 unspecified atom stereocenters. The van der Waals surface area contributed by atoms with Crippen LogP contribution in [0.25, 0.3) is 0 Å². The Morgan fingerprint density at radius 3 is 2.60 bits per heavy atom. The summed E-state index contributed by atoms with van der Waals surface area (Å²) in [5.74, 6) is 0.126. The highest BCUT2D eigenvalue weighted by Gasteiger charge is 2.21. The molecule has 20 heavy (non-hydrogen) atoms. The van der Waals surface area contributed by atoms with E-state index in [-0.39, 0.29) is 30.8 Å². The molecule has 0 bridgehead atoms. The molecule has 0 aromatic heterocycles. The Hall–Kier alpha value is -0.950. The van der Waals surface area contributed by atoms with Gasteiger partial charge in [-0.05, 0) is 17.7 Å². The average molecular weight is 309 g/mol. The lowest BCUT2D eigenvalue weighted by atomic mass is 10.0. The van der Waals surface area contributed by atoms with Crippen molar-refractivity contribution in [3.8, 4) is 5.75 Å². The summed E-state index contributed by atoms with van der Waals surface area (Å²) in [5, 5.41) is 12.8. The molecular formula is C13H19ClF2N2O2. The van der Waals surface area contributed by atoms with Crippen LogP contribution in [0.1, 0.15) is 11.6 Å². The van der Waals surface area contributed by atoms with Crippen molar-refractivity contribution >= 4 is 12.4 Å². The zero-order valence-electron chi connectivity index (χ0n) is 11.0. The van der Waals surface area contributed by atoms with Crippen molar-refractivity contribution in [2.75, 3.05) is 32.8 Å². The van der Waals surface area contributed by atoms with E-state index in [0.717, 1.165) is 31.7 Å². The predicted octanol–water partition coefficient (Wildman–Crippen LogP) is 1.65. The third-order valence-corrected chi connectivity index (χ3v) is 3.23. The van der Waals surface area contributed by atoms with Gasteiger partial charge in [-0.25, -0.2) is 0 Å². The molecular weight excluding hydrogens is 290 g/mol. The van der Waals surface area contributed by atoms with Crippen LogP contribution in [0.2, 0.25) is 0 Å². The van der Waals surface area contributed by atoms with Gasteiger partial charge in [-0.2, -0.15) is 8.78 Å². The van der Waals surface area contributed by atoms with Gasteiger partial charge in [0.1, 0.15) is 5.75 Å². The zero-order valence-corrected chi connectivity index (χ0v) is 11.8. The van der Waals surface area contributed by atoms with Crippen LogP contribution in [0, 0.1) is 0 Å². The van der Waals surface area contributed by atoms with Crippen molar-refractivity contribution in [3.63, 3.8) is 0 Å². The van der Waals surface area contributed by atoms with Gasteiger partial charge in [0.15, 0.2) is 0 Å². The topological polar surface area (TPSA) is 44.7 Å². The highest BCUT2D eigenvalue weighted by molar-refractivity contribution is 5.85. The van der Waals surface area contributed by atoms with E-state index >= 15 is 0 Å². The second-order valence-electron chi connectivity index (χ2n) is 4.44. The normalized spacial score (nSPS) is 17.6. The molecule has 0 amide bonds. The number of alkyl halides is 2. The molecule has 0 aliphatic carbocycles. The van der Waals surface area contributed by atoms with E-state index in [4.69, 9.17) is 0 Å². The van der Waals surface area contributed by atoms with E-state index in [2.05, 4.69) is 15.0 Å². The van der Waals surface area contributed by atoms with Crippen molar-refractivity contribution in [2.45, 2.75) is 12.7 Å². The number of hydrogen-bond acceptors (Lipinski definition) is 4. The van der Waals surface area contributed by atoms with Gasteiger partial charge in [0.05, 0.1) is 12.6 Å². The maximum absolute atomic E-state index is 12.2. The molecule has 0 saturated carbocycles. The Balaban J connectivity index is 0.00000200. The minimum atomic E-state index is -2.83. The highest BCUT2D eigenvalue weighted by atomic mass is 35.5. The number of benzene rings is 1. The van der Waals surface area contributed by atoms with E-state index in [1.54, 1.807) is 12.1 Å². The summed E-state index contributed by atoms with van der Waals surface area (Å²) in [4.78, 5) is 2.14. The third kappa shape index (κ3) is 4.56. The molecule has 4 nitrogen and oxygen atoms in total. The molecule has 0 radical (unpaired) electrons. The molecule has 0 spiro atoms. The number of aliphatic hydroxyl groups excluding tert-OH is 1. The zero-order chi connectivity index (χ0) is 13.7. The van der Waals surface area contributed by atoms with Crippen LogP contribution in [0.5, 0.6) is 5.75 Å². The maximum atomic E-state index is 12.2. The fourth-order valence-electron chi connectivity index (χ4n) is 2.32. The number of hydrogen-bond donors (Lipinski definition) is 2. The molecule has 1 fully saturated rings. The average Bonchev–Trinajstić information content (AvgIpc) is 2.40. The summed E-state index contributed by atoms with van der Waals surface area (Å²) in [5.41, 5.74) is 0.794. The van der Waals surface area contributed by atoms with Gasteiger partial charge in [0.2, 0.25) is 0 Å². The number of piperazine rings is 1. The molecule has 7 heteroatoms. The Morgan fingerprint density at radius 1 is 1.30 bits per heavy atom. The first-order valence-corrected chi connectivity index (χ1v) is 6.31. The number of nitrogens with zero attached hydrogens (tertiary/aromatic N) is 1. The first kappa shape index (κ1) is 17.1. The van der Waals surface area contributed by atoms with E-state index in [9.17, 15) is 13.9 Å². The molecule has 114 valence electrons. The minimum Gasteiger partial charge on any atom is -0.435 e. The summed E-state index contributed by atoms with van der Waals surface area (Å²) in [6, 6.07) is 6.36. The van der Waals surface area contributed by atoms with Crippen molar-refractivity contribution in [2.24, 2.45) is 0 Å². The van der Waals surface area contributed by atoms with Gasteiger partial charge in [-0.3, -0.25) is 4.90 Å². The standard InChI is InChI=1S/C13H18F2N2O2.ClH/c14-13(15)19-11-3-1-2-10(8-11)12(9-18)17-6-4-16-5-7-17;/h1-3,8,12-13,16,18H,4-7,9H2;1H/t12-;/m1./s1. The van der Waals surface area contributed by atoms with E-state index < -0.39 is 6.61 Å². The lowest BCUT2D eigenvalue weighted by Crippen LogP contribution is -2.46. The molecule has 1 heterocycles. The number of aliphatic hydroxyl groups is 1. The van der Waals surface area contributed by atoms with Crippen LogP contribution in [-0.2, 0) is 0 Å². The molecule has 1 aliphatic rings. The predicted molar refractivity (Wildman–Crippen MR) is 74.6 cm³/mol. The highest BCUT2D eigenvalue weighted by Crippen LogP contribution is 2.25. The molecule has 1 aliphatic heterocycles. The third-order valence-electron chi connectivity index (χ3n) is 3.23. The van der Waals surface area contributed by atoms with Crippen molar-refractivity contribution < 1.29 is 18.6 Å². The second kappa shape index (κ2) is 8.36. The van der Waals surface area contributed by atoms with Crippen molar-refractivity contribution in [1.29, 1.82) is 0 Å². The SMILES string of the molecule is Cl.OC[C@H](c1cccc(OC(F)F)c1)N1CCNCC1. The Kier molecular flexibility index (Phi) is 7.15. The largest absolute Gasteiger partial charge is 0.435 e. The van der Waals surface area contributed by atoms with Gasteiger partial charge >= 0.3 is 6.61 Å². The first-order valence-electron chi connectivity index (χ1n) is 6.31. The number of rotatable bonds is 5. The lowest BCUT2D eigenvalue weighted by molar-refractivity contribution is -0.0499. The first-order chi connectivity index (χ1) is 9.20. The number of ether oxygens (including phenoxy) is 1. The lowest BCUT2D eigenvalue weighted by Gasteiger charge is -2.34. The van der Waals surface area contributed by atoms with E-state index in [1.807, 2.05) is 6.07 Å².